The first-order chi connectivity index (χ1) is 11.4. The molecule has 3 unspecified atom stereocenters. The molecule has 1 aliphatic heterocycles. The van der Waals surface area contributed by atoms with Crippen molar-refractivity contribution in [2.24, 2.45) is 11.8 Å². The van der Waals surface area contributed by atoms with Crippen LogP contribution in [0.1, 0.15) is 29.6 Å². The van der Waals surface area contributed by atoms with Gasteiger partial charge in [0.25, 0.3) is 11.4 Å². The standard InChI is InChI=1S/C15H16N2O7/c18-15(24-7-9-1-2-14-5-11(9)8-23-14)10-3-12(16(19)20)6-13(4-10)17(21)22/h3-4,6,9,11,14H,1-2,5,7-8H2. The second-order valence-electron chi connectivity index (χ2n) is 6.14. The van der Waals surface area contributed by atoms with Gasteiger partial charge in [-0.15, -0.1) is 0 Å². The molecule has 3 atom stereocenters. The minimum atomic E-state index is -0.789. The van der Waals surface area contributed by atoms with Gasteiger partial charge in [-0.25, -0.2) is 4.79 Å². The van der Waals surface area contributed by atoms with Gasteiger partial charge in [0.05, 0.1) is 40.8 Å². The number of carbonyl (C=O) groups excluding carboxylic acids is 1. The molecule has 2 fully saturated rings. The number of carbonyl (C=O) groups is 1. The minimum absolute atomic E-state index is 0.188. The van der Waals surface area contributed by atoms with Gasteiger partial charge in [-0.2, -0.15) is 0 Å². The minimum Gasteiger partial charge on any atom is -0.462 e. The molecule has 1 aromatic carbocycles. The maximum absolute atomic E-state index is 12.1. The highest BCUT2D eigenvalue weighted by molar-refractivity contribution is 5.91. The van der Waals surface area contributed by atoms with E-state index in [1.165, 1.54) is 0 Å². The Morgan fingerprint density at radius 3 is 2.46 bits per heavy atom. The van der Waals surface area contributed by atoms with Gasteiger partial charge < -0.3 is 9.47 Å². The van der Waals surface area contributed by atoms with E-state index in [0.29, 0.717) is 18.6 Å². The molecule has 0 spiro atoms. The van der Waals surface area contributed by atoms with Crippen LogP contribution in [-0.4, -0.2) is 35.1 Å². The fourth-order valence-electron chi connectivity index (χ4n) is 3.31. The number of ether oxygens (including phenoxy) is 2. The first kappa shape index (κ1) is 16.3. The fraction of sp³-hybridized carbons (Fsp3) is 0.533. The number of hydrogen-bond donors (Lipinski definition) is 0. The van der Waals surface area contributed by atoms with Crippen molar-refractivity contribution in [3.63, 3.8) is 0 Å². The molecule has 0 amide bonds. The molecule has 9 nitrogen and oxygen atoms in total. The number of esters is 1. The maximum Gasteiger partial charge on any atom is 0.338 e. The van der Waals surface area contributed by atoms with E-state index in [-0.39, 0.29) is 18.1 Å². The number of benzene rings is 1. The summed E-state index contributed by atoms with van der Waals surface area (Å²) in [5, 5.41) is 21.7. The van der Waals surface area contributed by atoms with Crippen LogP contribution in [0.2, 0.25) is 0 Å². The topological polar surface area (TPSA) is 122 Å². The van der Waals surface area contributed by atoms with E-state index in [2.05, 4.69) is 0 Å². The van der Waals surface area contributed by atoms with Crippen LogP contribution in [0.25, 0.3) is 0 Å². The molecule has 1 aliphatic carbocycles. The molecule has 0 aromatic heterocycles. The highest BCUT2D eigenvalue weighted by atomic mass is 16.6. The lowest BCUT2D eigenvalue weighted by Crippen LogP contribution is -2.26. The normalized spacial score (nSPS) is 25.2. The van der Waals surface area contributed by atoms with Crippen LogP contribution in [-0.2, 0) is 9.47 Å². The number of non-ortho nitro benzene ring substituents is 2. The summed E-state index contributed by atoms with van der Waals surface area (Å²) in [6, 6.07) is 2.80. The smallest absolute Gasteiger partial charge is 0.338 e. The SMILES string of the molecule is O=C(OCC1CCC2CC1CO2)c1cc([N+](=O)[O-])cc([N+](=O)[O-])c1. The largest absolute Gasteiger partial charge is 0.462 e. The molecule has 2 bridgehead atoms. The van der Waals surface area contributed by atoms with Crippen LogP contribution in [0.3, 0.4) is 0 Å². The Labute approximate surface area is 136 Å². The van der Waals surface area contributed by atoms with Crippen molar-refractivity contribution in [2.75, 3.05) is 13.2 Å². The Morgan fingerprint density at radius 2 is 1.83 bits per heavy atom. The Hall–Kier alpha value is -2.55. The van der Waals surface area contributed by atoms with Crippen LogP contribution >= 0.6 is 0 Å². The number of fused-ring (bicyclic) bond motifs is 2. The van der Waals surface area contributed by atoms with Gasteiger partial charge in [0, 0.05) is 12.1 Å². The van der Waals surface area contributed by atoms with Crippen LogP contribution in [0.15, 0.2) is 18.2 Å². The predicted molar refractivity (Wildman–Crippen MR) is 80.6 cm³/mol. The van der Waals surface area contributed by atoms with E-state index in [9.17, 15) is 25.0 Å². The molecule has 1 aromatic rings. The summed E-state index contributed by atoms with van der Waals surface area (Å²) < 4.78 is 10.8. The molecule has 0 radical (unpaired) electrons. The van der Waals surface area contributed by atoms with Gasteiger partial charge in [-0.05, 0) is 31.1 Å². The summed E-state index contributed by atoms with van der Waals surface area (Å²) >= 11 is 0. The third kappa shape index (κ3) is 3.35. The molecule has 3 rings (SSSR count). The van der Waals surface area contributed by atoms with Crippen LogP contribution < -0.4 is 0 Å². The Bertz CT molecular complexity index is 658. The van der Waals surface area contributed by atoms with E-state index in [4.69, 9.17) is 9.47 Å². The van der Waals surface area contributed by atoms with Crippen molar-refractivity contribution < 1.29 is 24.1 Å². The second-order valence-corrected chi connectivity index (χ2v) is 6.14. The molecular formula is C15H16N2O7. The van der Waals surface area contributed by atoms with E-state index < -0.39 is 27.2 Å². The van der Waals surface area contributed by atoms with Crippen molar-refractivity contribution in [1.82, 2.24) is 0 Å². The average molecular weight is 336 g/mol. The summed E-state index contributed by atoms with van der Waals surface area (Å²) in [6.07, 6.45) is 3.10. The molecule has 128 valence electrons. The van der Waals surface area contributed by atoms with Crippen molar-refractivity contribution >= 4 is 17.3 Å². The zero-order valence-electron chi connectivity index (χ0n) is 12.8. The molecule has 2 aliphatic rings. The molecule has 24 heavy (non-hydrogen) atoms. The van der Waals surface area contributed by atoms with Crippen LogP contribution in [0, 0.1) is 32.1 Å². The lowest BCUT2D eigenvalue weighted by Gasteiger charge is -2.26. The summed E-state index contributed by atoms with van der Waals surface area (Å²) in [5.74, 6) is -0.236. The zero-order chi connectivity index (χ0) is 17.3. The van der Waals surface area contributed by atoms with Gasteiger partial charge in [-0.1, -0.05) is 0 Å². The second kappa shape index (κ2) is 6.52. The first-order valence-electron chi connectivity index (χ1n) is 7.66. The Kier molecular flexibility index (Phi) is 4.43. The molecule has 1 saturated carbocycles. The van der Waals surface area contributed by atoms with Crippen LogP contribution in [0.4, 0.5) is 11.4 Å². The van der Waals surface area contributed by atoms with Crippen molar-refractivity contribution in [3.8, 4) is 0 Å². The van der Waals surface area contributed by atoms with Gasteiger partial charge in [0.15, 0.2) is 0 Å². The summed E-state index contributed by atoms with van der Waals surface area (Å²) in [4.78, 5) is 32.3. The number of nitro groups is 2. The molecule has 1 saturated heterocycles. The van der Waals surface area contributed by atoms with Gasteiger partial charge in [-0.3, -0.25) is 20.2 Å². The number of nitro benzene ring substituents is 2. The molecule has 9 heteroatoms. The highest BCUT2D eigenvalue weighted by Crippen LogP contribution is 2.37. The van der Waals surface area contributed by atoms with Crippen molar-refractivity contribution in [2.45, 2.75) is 25.4 Å². The fourth-order valence-corrected chi connectivity index (χ4v) is 3.31. The third-order valence-electron chi connectivity index (χ3n) is 4.63. The highest BCUT2D eigenvalue weighted by Gasteiger charge is 2.37. The molecule has 0 N–H and O–H groups in total. The van der Waals surface area contributed by atoms with E-state index in [1.807, 2.05) is 0 Å². The maximum atomic E-state index is 12.1. The number of rotatable bonds is 5. The van der Waals surface area contributed by atoms with E-state index in [1.54, 1.807) is 0 Å². The zero-order valence-corrected chi connectivity index (χ0v) is 12.8. The van der Waals surface area contributed by atoms with Crippen LogP contribution in [0.5, 0.6) is 0 Å². The summed E-state index contributed by atoms with van der Waals surface area (Å²) in [7, 11) is 0. The molecule has 1 heterocycles. The Balaban J connectivity index is 1.70. The van der Waals surface area contributed by atoms with Crippen molar-refractivity contribution in [1.29, 1.82) is 0 Å². The third-order valence-corrected chi connectivity index (χ3v) is 4.63. The van der Waals surface area contributed by atoms with E-state index >= 15 is 0 Å². The Morgan fingerprint density at radius 1 is 1.17 bits per heavy atom. The summed E-state index contributed by atoms with van der Waals surface area (Å²) in [5.41, 5.74) is -1.21. The first-order valence-corrected chi connectivity index (χ1v) is 7.66. The molecular weight excluding hydrogens is 320 g/mol. The van der Waals surface area contributed by atoms with Gasteiger partial charge >= 0.3 is 5.97 Å². The summed E-state index contributed by atoms with van der Waals surface area (Å²) in [6.45, 7) is 0.852. The van der Waals surface area contributed by atoms with Crippen molar-refractivity contribution in [3.05, 3.63) is 44.0 Å². The lowest BCUT2D eigenvalue weighted by atomic mass is 9.81. The van der Waals surface area contributed by atoms with Gasteiger partial charge in [0.1, 0.15) is 0 Å². The predicted octanol–water partition coefficient (Wildman–Crippen LogP) is 2.47. The van der Waals surface area contributed by atoms with Gasteiger partial charge in [0.2, 0.25) is 0 Å². The number of nitrogens with zero attached hydrogens (tertiary/aromatic N) is 2. The van der Waals surface area contributed by atoms with E-state index in [0.717, 1.165) is 37.5 Å². The lowest BCUT2D eigenvalue weighted by molar-refractivity contribution is -0.394. The monoisotopic (exact) mass is 336 g/mol. The quantitative estimate of drug-likeness (QED) is 0.460. The number of hydrogen-bond acceptors (Lipinski definition) is 7. The average Bonchev–Trinajstić information content (AvgIpc) is 2.95.